The van der Waals surface area contributed by atoms with Crippen LogP contribution in [0.4, 0.5) is 4.39 Å². The zero-order chi connectivity index (χ0) is 13.2. The zero-order valence-electron chi connectivity index (χ0n) is 10.7. The van der Waals surface area contributed by atoms with Gasteiger partial charge in [-0.3, -0.25) is 0 Å². The molecule has 1 aliphatic carbocycles. The first-order valence-electron chi connectivity index (χ1n) is 6.33. The summed E-state index contributed by atoms with van der Waals surface area (Å²) in [5.41, 5.74) is 1.12. The van der Waals surface area contributed by atoms with E-state index in [1.807, 2.05) is 12.1 Å². The molecule has 1 atom stereocenters. The molecule has 1 N–H and O–H groups in total. The Bertz CT molecular complexity index is 442. The van der Waals surface area contributed by atoms with Crippen LogP contribution in [0.3, 0.4) is 0 Å². The lowest BCUT2D eigenvalue weighted by Gasteiger charge is -2.27. The molecule has 18 heavy (non-hydrogen) atoms. The third kappa shape index (κ3) is 3.66. The number of benzene rings is 1. The van der Waals surface area contributed by atoms with Crippen LogP contribution in [-0.4, -0.2) is 12.6 Å². The SMILES string of the molecule is C=CC(C)(CNC1CC1)Cc1ccc(F)cc1Br. The molecule has 1 nitrogen and oxygen atoms in total. The van der Waals surface area contributed by atoms with Gasteiger partial charge in [0.15, 0.2) is 0 Å². The summed E-state index contributed by atoms with van der Waals surface area (Å²) >= 11 is 3.43. The molecule has 0 radical (unpaired) electrons. The molecule has 0 heterocycles. The van der Waals surface area contributed by atoms with Gasteiger partial charge in [-0.1, -0.05) is 35.0 Å². The Morgan fingerprint density at radius 3 is 2.83 bits per heavy atom. The Morgan fingerprint density at radius 1 is 1.56 bits per heavy atom. The van der Waals surface area contributed by atoms with Gasteiger partial charge in [0.2, 0.25) is 0 Å². The van der Waals surface area contributed by atoms with E-state index in [4.69, 9.17) is 0 Å². The third-order valence-electron chi connectivity index (χ3n) is 3.47. The monoisotopic (exact) mass is 311 g/mol. The summed E-state index contributed by atoms with van der Waals surface area (Å²) in [4.78, 5) is 0. The van der Waals surface area contributed by atoms with Crippen molar-refractivity contribution in [3.05, 3.63) is 46.7 Å². The second kappa shape index (κ2) is 5.54. The minimum Gasteiger partial charge on any atom is -0.313 e. The molecule has 0 bridgehead atoms. The van der Waals surface area contributed by atoms with Gasteiger partial charge in [0.1, 0.15) is 5.82 Å². The molecular weight excluding hydrogens is 293 g/mol. The van der Waals surface area contributed by atoms with Crippen molar-refractivity contribution in [3.63, 3.8) is 0 Å². The van der Waals surface area contributed by atoms with Crippen molar-refractivity contribution in [2.24, 2.45) is 5.41 Å². The normalized spacial score (nSPS) is 18.4. The molecule has 1 unspecified atom stereocenters. The summed E-state index contributed by atoms with van der Waals surface area (Å²) in [5, 5.41) is 3.54. The lowest BCUT2D eigenvalue weighted by molar-refractivity contribution is 0.388. The van der Waals surface area contributed by atoms with Crippen LogP contribution < -0.4 is 5.32 Å². The quantitative estimate of drug-likeness (QED) is 0.781. The first-order chi connectivity index (χ1) is 8.52. The summed E-state index contributed by atoms with van der Waals surface area (Å²) in [6, 6.07) is 5.57. The third-order valence-corrected chi connectivity index (χ3v) is 4.21. The highest BCUT2D eigenvalue weighted by Gasteiger charge is 2.27. The lowest BCUT2D eigenvalue weighted by atomic mass is 9.83. The summed E-state index contributed by atoms with van der Waals surface area (Å²) in [6.45, 7) is 7.05. The van der Waals surface area contributed by atoms with E-state index in [9.17, 15) is 4.39 Å². The molecule has 0 aromatic heterocycles. The van der Waals surface area contributed by atoms with E-state index in [0.717, 1.165) is 23.0 Å². The van der Waals surface area contributed by atoms with Crippen LogP contribution in [0, 0.1) is 11.2 Å². The van der Waals surface area contributed by atoms with Crippen LogP contribution in [0.25, 0.3) is 0 Å². The van der Waals surface area contributed by atoms with Crippen molar-refractivity contribution < 1.29 is 4.39 Å². The van der Waals surface area contributed by atoms with Gasteiger partial charge in [-0.2, -0.15) is 0 Å². The largest absolute Gasteiger partial charge is 0.313 e. The van der Waals surface area contributed by atoms with Crippen LogP contribution >= 0.6 is 15.9 Å². The second-order valence-corrected chi connectivity index (χ2v) is 6.28. The van der Waals surface area contributed by atoms with Gasteiger partial charge in [0.25, 0.3) is 0 Å². The smallest absolute Gasteiger partial charge is 0.124 e. The minimum absolute atomic E-state index is 0.00292. The molecule has 1 aromatic carbocycles. The molecular formula is C15H19BrFN. The van der Waals surface area contributed by atoms with Crippen molar-refractivity contribution in [1.29, 1.82) is 0 Å². The molecule has 3 heteroatoms. The van der Waals surface area contributed by atoms with Gasteiger partial charge in [0.05, 0.1) is 0 Å². The first-order valence-corrected chi connectivity index (χ1v) is 7.13. The second-order valence-electron chi connectivity index (χ2n) is 5.43. The molecule has 1 saturated carbocycles. The number of hydrogen-bond donors (Lipinski definition) is 1. The number of hydrogen-bond acceptors (Lipinski definition) is 1. The fourth-order valence-corrected chi connectivity index (χ4v) is 2.46. The highest BCUT2D eigenvalue weighted by molar-refractivity contribution is 9.10. The lowest BCUT2D eigenvalue weighted by Crippen LogP contribution is -2.33. The summed E-state index contributed by atoms with van der Waals surface area (Å²) < 4.78 is 13.9. The van der Waals surface area contributed by atoms with Crippen molar-refractivity contribution in [1.82, 2.24) is 5.32 Å². The van der Waals surface area contributed by atoms with Gasteiger partial charge in [-0.05, 0) is 37.0 Å². The minimum atomic E-state index is -0.206. The van der Waals surface area contributed by atoms with Crippen LogP contribution in [-0.2, 0) is 6.42 Å². The molecule has 0 amide bonds. The molecule has 0 aliphatic heterocycles. The predicted octanol–water partition coefficient (Wildman–Crippen LogP) is 4.08. The van der Waals surface area contributed by atoms with Gasteiger partial charge in [-0.15, -0.1) is 6.58 Å². The number of rotatable bonds is 6. The number of nitrogens with one attached hydrogen (secondary N) is 1. The van der Waals surface area contributed by atoms with Gasteiger partial charge < -0.3 is 5.32 Å². The van der Waals surface area contributed by atoms with E-state index >= 15 is 0 Å². The molecule has 0 spiro atoms. The predicted molar refractivity (Wildman–Crippen MR) is 77.1 cm³/mol. The zero-order valence-corrected chi connectivity index (χ0v) is 12.3. The van der Waals surface area contributed by atoms with Crippen molar-refractivity contribution in [2.45, 2.75) is 32.2 Å². The Kier molecular flexibility index (Phi) is 4.23. The van der Waals surface area contributed by atoms with Gasteiger partial charge in [-0.25, -0.2) is 4.39 Å². The molecule has 1 aromatic rings. The maximum atomic E-state index is 13.1. The van der Waals surface area contributed by atoms with Crippen LogP contribution in [0.5, 0.6) is 0 Å². The van der Waals surface area contributed by atoms with E-state index in [-0.39, 0.29) is 11.2 Å². The van der Waals surface area contributed by atoms with E-state index < -0.39 is 0 Å². The first kappa shape index (κ1) is 13.8. The molecule has 1 aliphatic rings. The fourth-order valence-electron chi connectivity index (χ4n) is 1.97. The maximum absolute atomic E-state index is 13.1. The Labute approximate surface area is 117 Å². The van der Waals surface area contributed by atoms with Gasteiger partial charge in [0, 0.05) is 22.5 Å². The highest BCUT2D eigenvalue weighted by atomic mass is 79.9. The standard InChI is InChI=1S/C15H19BrFN/c1-3-15(2,10-18-13-6-7-13)9-11-4-5-12(17)8-14(11)16/h3-5,8,13,18H,1,6-7,9-10H2,2H3. The molecule has 0 saturated heterocycles. The van der Waals surface area contributed by atoms with E-state index in [1.54, 1.807) is 0 Å². The summed E-state index contributed by atoms with van der Waals surface area (Å²) in [5.74, 6) is -0.206. The van der Waals surface area contributed by atoms with Crippen LogP contribution in [0.1, 0.15) is 25.3 Å². The summed E-state index contributed by atoms with van der Waals surface area (Å²) in [6.07, 6.45) is 5.43. The van der Waals surface area contributed by atoms with E-state index in [0.29, 0.717) is 6.04 Å². The Morgan fingerprint density at radius 2 is 2.28 bits per heavy atom. The van der Waals surface area contributed by atoms with Crippen molar-refractivity contribution in [2.75, 3.05) is 6.54 Å². The van der Waals surface area contributed by atoms with Crippen molar-refractivity contribution in [3.8, 4) is 0 Å². The maximum Gasteiger partial charge on any atom is 0.124 e. The van der Waals surface area contributed by atoms with E-state index in [1.165, 1.54) is 25.0 Å². The average Bonchev–Trinajstić information content (AvgIpc) is 3.14. The Balaban J connectivity index is 2.05. The highest BCUT2D eigenvalue weighted by Crippen LogP contribution is 2.29. The van der Waals surface area contributed by atoms with Crippen LogP contribution in [0.15, 0.2) is 35.3 Å². The average molecular weight is 312 g/mol. The van der Waals surface area contributed by atoms with Gasteiger partial charge >= 0.3 is 0 Å². The van der Waals surface area contributed by atoms with Crippen LogP contribution in [0.2, 0.25) is 0 Å². The van der Waals surface area contributed by atoms with E-state index in [2.05, 4.69) is 34.7 Å². The van der Waals surface area contributed by atoms with Crippen molar-refractivity contribution >= 4 is 15.9 Å². The molecule has 1 fully saturated rings. The Hall–Kier alpha value is -0.670. The summed E-state index contributed by atoms with van der Waals surface area (Å²) in [7, 11) is 0. The fraction of sp³-hybridized carbons (Fsp3) is 0.467. The molecule has 98 valence electrons. The number of halogens is 2. The molecule has 2 rings (SSSR count). The topological polar surface area (TPSA) is 12.0 Å².